The highest BCUT2D eigenvalue weighted by molar-refractivity contribution is 9.11. The van der Waals surface area contributed by atoms with Crippen LogP contribution in [0.15, 0.2) is 0 Å². The van der Waals surface area contributed by atoms with E-state index in [0.29, 0.717) is 19.5 Å². The van der Waals surface area contributed by atoms with Gasteiger partial charge in [0.05, 0.1) is 0 Å². The molecule has 18 atom stereocenters. The van der Waals surface area contributed by atoms with Gasteiger partial charge in [-0.1, -0.05) is 63.7 Å². The first-order valence-corrected chi connectivity index (χ1v) is 13.6. The molecule has 4 bridgehead atoms. The van der Waals surface area contributed by atoms with Gasteiger partial charge in [-0.25, -0.2) is 0 Å². The molecule has 0 aromatic heterocycles. The molecule has 4 heteroatoms. The SMILES string of the molecule is BrC1[C@@H]2[C@@H]3[C@@H]4[C@H]5C(Br)[C@@H]3[C@]3(Br)[C@@H]6C[C@H]7[C@@H]8C9CC([C@H]86)C23C9([C@@H]14)[C@@]57Br. The third-order valence-corrected chi connectivity index (χ3v) is 18.8. The zero-order chi connectivity index (χ0) is 15.5. The van der Waals surface area contributed by atoms with Crippen molar-refractivity contribution < 1.29 is 0 Å². The molecule has 0 aromatic carbocycles. The second-order valence-corrected chi connectivity index (χ2v) is 16.2. The lowest BCUT2D eigenvalue weighted by atomic mass is 9.51. The Morgan fingerprint density at radius 2 is 0.958 bits per heavy atom. The summed E-state index contributed by atoms with van der Waals surface area (Å²) in [5.41, 5.74) is 1.32. The Bertz CT molecular complexity index is 779. The minimum absolute atomic E-state index is 0.493. The van der Waals surface area contributed by atoms with E-state index in [9.17, 15) is 0 Å². The van der Waals surface area contributed by atoms with Crippen molar-refractivity contribution >= 4 is 63.7 Å². The summed E-state index contributed by atoms with van der Waals surface area (Å²) in [6.45, 7) is 0. The van der Waals surface area contributed by atoms with Crippen LogP contribution in [-0.2, 0) is 0 Å². The van der Waals surface area contributed by atoms with E-state index < -0.39 is 0 Å². The monoisotopic (exact) mass is 574 g/mol. The van der Waals surface area contributed by atoms with Crippen LogP contribution in [0.5, 0.6) is 0 Å². The molecule has 6 unspecified atom stereocenters. The largest absolute Gasteiger partial charge is 0.0884 e. The van der Waals surface area contributed by atoms with Crippen molar-refractivity contribution in [2.24, 2.45) is 81.8 Å². The number of alkyl halides is 4. The van der Waals surface area contributed by atoms with Crippen molar-refractivity contribution in [3.8, 4) is 0 Å². The molecule has 10 fully saturated rings. The zero-order valence-corrected chi connectivity index (χ0v) is 19.4. The summed E-state index contributed by atoms with van der Waals surface area (Å²) in [6.07, 6.45) is 3.20. The molecule has 2 spiro atoms. The predicted molar refractivity (Wildman–Crippen MR) is 105 cm³/mol. The molecular weight excluding hydrogens is 560 g/mol. The van der Waals surface area contributed by atoms with Crippen LogP contribution in [0.1, 0.15) is 12.8 Å². The van der Waals surface area contributed by atoms with Crippen molar-refractivity contribution in [1.82, 2.24) is 0 Å². The third kappa shape index (κ3) is 0.633. The lowest BCUT2D eigenvalue weighted by Crippen LogP contribution is -2.57. The van der Waals surface area contributed by atoms with Crippen molar-refractivity contribution in [1.29, 1.82) is 0 Å². The first-order valence-electron chi connectivity index (χ1n) is 10.2. The van der Waals surface area contributed by atoms with Crippen molar-refractivity contribution in [3.63, 3.8) is 0 Å². The predicted octanol–water partition coefficient (Wildman–Crippen LogP) is 5.06. The number of hydrogen-bond acceptors (Lipinski definition) is 0. The van der Waals surface area contributed by atoms with E-state index in [0.717, 1.165) is 80.7 Å². The highest BCUT2D eigenvalue weighted by Gasteiger charge is 3.10. The van der Waals surface area contributed by atoms with E-state index in [1.165, 1.54) is 0 Å². The average molecular weight is 578 g/mol. The molecule has 10 rings (SSSR count). The summed E-state index contributed by atoms with van der Waals surface area (Å²) in [7, 11) is 0. The van der Waals surface area contributed by atoms with Crippen LogP contribution < -0.4 is 0 Å². The Balaban J connectivity index is 1.56. The fourth-order valence-electron chi connectivity index (χ4n) is 14.6. The second-order valence-electron chi connectivity index (χ2n) is 11.5. The number of hydrogen-bond donors (Lipinski definition) is 0. The van der Waals surface area contributed by atoms with Gasteiger partial charge in [0.25, 0.3) is 0 Å². The Morgan fingerprint density at radius 3 is 1.46 bits per heavy atom. The first-order chi connectivity index (χ1) is 11.5. The Morgan fingerprint density at radius 1 is 0.542 bits per heavy atom. The van der Waals surface area contributed by atoms with Crippen LogP contribution >= 0.6 is 63.7 Å². The molecule has 10 aliphatic carbocycles. The lowest BCUT2D eigenvalue weighted by Gasteiger charge is -2.55. The molecule has 24 heavy (non-hydrogen) atoms. The summed E-state index contributed by atoms with van der Waals surface area (Å²) in [5.74, 6) is 12.3. The molecular formula is C20H18Br4. The molecule has 0 nitrogen and oxygen atoms in total. The second kappa shape index (κ2) is 2.92. The number of halogens is 4. The first kappa shape index (κ1) is 13.2. The lowest BCUT2D eigenvalue weighted by molar-refractivity contribution is -0.0472. The molecule has 0 amide bonds. The maximum absolute atomic E-state index is 4.73. The maximum Gasteiger partial charge on any atom is 0.0398 e. The van der Waals surface area contributed by atoms with E-state index >= 15 is 0 Å². The molecule has 126 valence electrons. The fourth-order valence-corrected chi connectivity index (χ4v) is 22.3. The fraction of sp³-hybridized carbons (Fsp3) is 1.00. The van der Waals surface area contributed by atoms with E-state index in [-0.39, 0.29) is 0 Å². The normalized spacial score (nSPS) is 97.5. The highest BCUT2D eigenvalue weighted by Crippen LogP contribution is 3.10. The van der Waals surface area contributed by atoms with Crippen molar-refractivity contribution in [2.45, 2.75) is 31.1 Å². The molecule has 0 radical (unpaired) electrons. The van der Waals surface area contributed by atoms with Crippen LogP contribution in [-0.4, -0.2) is 18.3 Å². The Kier molecular flexibility index (Phi) is 1.60. The van der Waals surface area contributed by atoms with Crippen LogP contribution in [0.25, 0.3) is 0 Å². The van der Waals surface area contributed by atoms with Crippen molar-refractivity contribution in [3.05, 3.63) is 0 Å². The van der Waals surface area contributed by atoms with Crippen LogP contribution in [0.4, 0.5) is 0 Å². The quantitative estimate of drug-likeness (QED) is 0.353. The van der Waals surface area contributed by atoms with Gasteiger partial charge in [-0.3, -0.25) is 0 Å². The zero-order valence-electron chi connectivity index (χ0n) is 13.0. The van der Waals surface area contributed by atoms with Gasteiger partial charge in [-0.05, 0) is 83.9 Å². The molecule has 0 aliphatic heterocycles. The molecule has 0 N–H and O–H groups in total. The van der Waals surface area contributed by atoms with Gasteiger partial charge in [0, 0.05) is 29.1 Å². The maximum atomic E-state index is 4.73. The topological polar surface area (TPSA) is 0 Å². The third-order valence-electron chi connectivity index (χ3n) is 13.0. The van der Waals surface area contributed by atoms with Gasteiger partial charge < -0.3 is 0 Å². The van der Waals surface area contributed by atoms with Gasteiger partial charge in [0.15, 0.2) is 0 Å². The van der Waals surface area contributed by atoms with Gasteiger partial charge in [0.2, 0.25) is 0 Å². The summed E-state index contributed by atoms with van der Waals surface area (Å²) in [5, 5.41) is 0. The Labute approximate surface area is 175 Å². The Hall–Kier alpha value is 1.92. The van der Waals surface area contributed by atoms with Gasteiger partial charge in [-0.15, -0.1) is 0 Å². The molecule has 0 heterocycles. The van der Waals surface area contributed by atoms with Crippen LogP contribution in [0, 0.1) is 81.8 Å². The van der Waals surface area contributed by atoms with Crippen molar-refractivity contribution in [2.75, 3.05) is 0 Å². The van der Waals surface area contributed by atoms with E-state index in [2.05, 4.69) is 31.9 Å². The van der Waals surface area contributed by atoms with Crippen LogP contribution in [0.2, 0.25) is 0 Å². The van der Waals surface area contributed by atoms with E-state index in [1.54, 1.807) is 12.8 Å². The number of fused-ring (bicyclic) bond motifs is 4. The summed E-state index contributed by atoms with van der Waals surface area (Å²) in [4.78, 5) is 1.62. The van der Waals surface area contributed by atoms with Gasteiger partial charge in [0.1, 0.15) is 0 Å². The minimum atomic E-state index is 0.493. The average Bonchev–Trinajstić information content (AvgIpc) is 3.29. The van der Waals surface area contributed by atoms with E-state index in [4.69, 9.17) is 31.9 Å². The highest BCUT2D eigenvalue weighted by atomic mass is 79.9. The smallest absolute Gasteiger partial charge is 0.0398 e. The van der Waals surface area contributed by atoms with Gasteiger partial charge >= 0.3 is 0 Å². The standard InChI is InChI=1S/C20H18Br4/c21-15-11-9-10-12(15)18-4-1-3-7-5-2-6(8(4)7)20(18,24)14(10)16(22)13(9)19(5,23)17(3,11)18/h3-16H,1-2H2/t3?,4?,5-,6+,7-,8-,9-,10-,11+,12-,13-,14+,15?,16?,17?,18?,19-,20+/m0/s1. The summed E-state index contributed by atoms with van der Waals surface area (Å²) >= 11 is 18.2. The number of rotatable bonds is 0. The van der Waals surface area contributed by atoms with E-state index in [1.807, 2.05) is 0 Å². The molecule has 10 saturated carbocycles. The molecule has 10 aliphatic rings. The minimum Gasteiger partial charge on any atom is -0.0884 e. The molecule has 0 saturated heterocycles. The summed E-state index contributed by atoms with van der Waals surface area (Å²) in [6, 6.07) is 0. The van der Waals surface area contributed by atoms with Gasteiger partial charge in [-0.2, -0.15) is 0 Å². The summed E-state index contributed by atoms with van der Waals surface area (Å²) < 4.78 is 0.987. The molecule has 0 aromatic rings. The van der Waals surface area contributed by atoms with Crippen LogP contribution in [0.3, 0.4) is 0 Å².